The second-order valence-electron chi connectivity index (χ2n) is 10.8. The van der Waals surface area contributed by atoms with Crippen LogP contribution in [0.3, 0.4) is 0 Å². The van der Waals surface area contributed by atoms with E-state index < -0.39 is 12.2 Å². The van der Waals surface area contributed by atoms with Crippen molar-refractivity contribution in [3.63, 3.8) is 0 Å². The number of ether oxygens (including phenoxy) is 2. The maximum atomic E-state index is 12.9. The minimum atomic E-state index is -2.89. The summed E-state index contributed by atoms with van der Waals surface area (Å²) in [6.07, 6.45) is 3.94. The number of aromatic nitrogens is 3. The van der Waals surface area contributed by atoms with Gasteiger partial charge in [-0.2, -0.15) is 8.78 Å². The fourth-order valence-corrected chi connectivity index (χ4v) is 4.82. The first kappa shape index (κ1) is 27.4. The fraction of sp³-hybridized carbons (Fsp3) is 0.367. The summed E-state index contributed by atoms with van der Waals surface area (Å²) in [7, 11) is 0. The molecule has 5 rings (SSSR count). The maximum Gasteiger partial charge on any atom is 0.410 e. The molecule has 0 spiro atoms. The van der Waals surface area contributed by atoms with E-state index in [2.05, 4.69) is 9.88 Å². The Morgan fingerprint density at radius 3 is 2.40 bits per heavy atom. The van der Waals surface area contributed by atoms with Crippen LogP contribution in [-0.4, -0.2) is 63.8 Å². The number of benzene rings is 1. The third kappa shape index (κ3) is 6.16. The topological polar surface area (TPSA) is 72.2 Å². The van der Waals surface area contributed by atoms with Crippen LogP contribution in [0.25, 0.3) is 16.8 Å². The van der Waals surface area contributed by atoms with Crippen molar-refractivity contribution in [2.45, 2.75) is 46.3 Å². The summed E-state index contributed by atoms with van der Waals surface area (Å²) in [5, 5.41) is 0. The summed E-state index contributed by atoms with van der Waals surface area (Å²) in [5.74, 6) is 1.01. The van der Waals surface area contributed by atoms with Gasteiger partial charge in [0.25, 0.3) is 0 Å². The van der Waals surface area contributed by atoms with Crippen LogP contribution in [0.15, 0.2) is 60.9 Å². The molecule has 4 heterocycles. The predicted molar refractivity (Wildman–Crippen MR) is 149 cm³/mol. The van der Waals surface area contributed by atoms with E-state index in [1.165, 1.54) is 0 Å². The molecule has 1 fully saturated rings. The predicted octanol–water partition coefficient (Wildman–Crippen LogP) is 5.95. The number of halogens is 2. The summed E-state index contributed by atoms with van der Waals surface area (Å²) in [6, 6.07) is 14.8. The highest BCUT2D eigenvalue weighted by Crippen LogP contribution is 2.28. The number of hydrogen-bond donors (Lipinski definition) is 0. The third-order valence-corrected chi connectivity index (χ3v) is 6.80. The van der Waals surface area contributed by atoms with Crippen LogP contribution in [0.1, 0.15) is 37.7 Å². The molecule has 0 atom stereocenters. The summed E-state index contributed by atoms with van der Waals surface area (Å²) in [4.78, 5) is 25.6. The second kappa shape index (κ2) is 11.1. The van der Waals surface area contributed by atoms with Crippen molar-refractivity contribution in [2.24, 2.45) is 0 Å². The highest BCUT2D eigenvalue weighted by molar-refractivity contribution is 5.69. The summed E-state index contributed by atoms with van der Waals surface area (Å²) in [5.41, 5.74) is 4.54. The number of nitrogens with zero attached hydrogens (tertiary/aromatic N) is 5. The van der Waals surface area contributed by atoms with E-state index in [0.717, 1.165) is 34.0 Å². The first-order valence-corrected chi connectivity index (χ1v) is 13.3. The highest BCUT2D eigenvalue weighted by Gasteiger charge is 2.26. The molecule has 0 bridgehead atoms. The number of carbonyl (C=O) groups is 1. The van der Waals surface area contributed by atoms with E-state index >= 15 is 0 Å². The Labute approximate surface area is 232 Å². The Hall–Kier alpha value is -4.21. The van der Waals surface area contributed by atoms with Crippen LogP contribution >= 0.6 is 0 Å². The maximum absolute atomic E-state index is 12.9. The minimum absolute atomic E-state index is 0.162. The molecule has 3 aromatic heterocycles. The van der Waals surface area contributed by atoms with Gasteiger partial charge in [0, 0.05) is 67.4 Å². The quantitative estimate of drug-likeness (QED) is 0.296. The lowest BCUT2D eigenvalue weighted by atomic mass is 10.1. The van der Waals surface area contributed by atoms with Crippen molar-refractivity contribution >= 4 is 17.6 Å². The molecule has 0 aliphatic carbocycles. The minimum Gasteiger partial charge on any atom is -0.444 e. The van der Waals surface area contributed by atoms with E-state index in [0.29, 0.717) is 38.2 Å². The van der Waals surface area contributed by atoms with Gasteiger partial charge in [0.15, 0.2) is 0 Å². The number of hydrogen-bond acceptors (Lipinski definition) is 6. The molecule has 1 aromatic carbocycles. The van der Waals surface area contributed by atoms with Gasteiger partial charge < -0.3 is 23.7 Å². The number of fused-ring (bicyclic) bond motifs is 1. The molecule has 1 saturated heterocycles. The van der Waals surface area contributed by atoms with Crippen molar-refractivity contribution in [3.8, 4) is 16.9 Å². The Kier molecular flexibility index (Phi) is 7.60. The average molecular weight is 550 g/mol. The van der Waals surface area contributed by atoms with Crippen molar-refractivity contribution in [3.05, 3.63) is 77.9 Å². The molecule has 10 heteroatoms. The Morgan fingerprint density at radius 2 is 1.73 bits per heavy atom. The fourth-order valence-electron chi connectivity index (χ4n) is 4.82. The zero-order chi connectivity index (χ0) is 28.4. The monoisotopic (exact) mass is 549 g/mol. The lowest BCUT2D eigenvalue weighted by Crippen LogP contribution is -2.50. The van der Waals surface area contributed by atoms with E-state index in [1.54, 1.807) is 23.1 Å². The van der Waals surface area contributed by atoms with Gasteiger partial charge in [-0.3, -0.25) is 0 Å². The number of imidazole rings is 1. The van der Waals surface area contributed by atoms with Gasteiger partial charge in [0.1, 0.15) is 22.8 Å². The number of anilines is 1. The smallest absolute Gasteiger partial charge is 0.410 e. The van der Waals surface area contributed by atoms with Gasteiger partial charge >= 0.3 is 12.7 Å². The van der Waals surface area contributed by atoms with Gasteiger partial charge in [-0.25, -0.2) is 14.8 Å². The van der Waals surface area contributed by atoms with Crippen LogP contribution in [-0.2, 0) is 11.2 Å². The molecule has 4 aromatic rings. The summed E-state index contributed by atoms with van der Waals surface area (Å²) >= 11 is 0. The SMILES string of the molecule is Cc1nc2ccc(-c3ccc(N4CCN(C(=O)OC(C)(C)C)CC4)nc3)cn2c1Cc1ccccc1OC(F)F. The van der Waals surface area contributed by atoms with Crippen molar-refractivity contribution in [1.29, 1.82) is 0 Å². The number of pyridine rings is 2. The Morgan fingerprint density at radius 1 is 1.00 bits per heavy atom. The number of para-hydroxylation sites is 1. The zero-order valence-electron chi connectivity index (χ0n) is 23.1. The van der Waals surface area contributed by atoms with Crippen molar-refractivity contribution < 1.29 is 23.0 Å². The van der Waals surface area contributed by atoms with Gasteiger partial charge in [-0.1, -0.05) is 18.2 Å². The van der Waals surface area contributed by atoms with Crippen LogP contribution in [0.2, 0.25) is 0 Å². The van der Waals surface area contributed by atoms with Crippen LogP contribution in [0.5, 0.6) is 5.75 Å². The molecule has 0 N–H and O–H groups in total. The first-order valence-electron chi connectivity index (χ1n) is 13.3. The Balaban J connectivity index is 1.32. The molecule has 8 nitrogen and oxygen atoms in total. The molecular weight excluding hydrogens is 516 g/mol. The molecule has 1 amide bonds. The van der Waals surface area contributed by atoms with Crippen molar-refractivity contribution in [2.75, 3.05) is 31.1 Å². The largest absolute Gasteiger partial charge is 0.444 e. The number of alkyl halides is 2. The molecule has 40 heavy (non-hydrogen) atoms. The highest BCUT2D eigenvalue weighted by atomic mass is 19.3. The lowest BCUT2D eigenvalue weighted by molar-refractivity contribution is -0.0504. The van der Waals surface area contributed by atoms with Crippen molar-refractivity contribution in [1.82, 2.24) is 19.3 Å². The third-order valence-electron chi connectivity index (χ3n) is 6.80. The van der Waals surface area contributed by atoms with Gasteiger partial charge in [0.05, 0.1) is 5.69 Å². The standard InChI is InChI=1S/C30H33F2N5O3/c1-20-24(17-21-7-5-6-8-25(21)39-28(31)32)37-19-23(10-12-27(37)34-20)22-9-11-26(33-18-22)35-13-15-36(16-14-35)29(38)40-30(2,3)4/h5-12,18-19,28H,13-17H2,1-4H3. The molecule has 1 aliphatic heterocycles. The average Bonchev–Trinajstić information content (AvgIpc) is 3.22. The number of aryl methyl sites for hydroxylation is 1. The van der Waals surface area contributed by atoms with E-state index in [-0.39, 0.29) is 11.8 Å². The molecule has 0 radical (unpaired) electrons. The number of rotatable bonds is 6. The van der Waals surface area contributed by atoms with Gasteiger partial charge in [-0.15, -0.1) is 0 Å². The van der Waals surface area contributed by atoms with E-state index in [1.807, 2.05) is 74.8 Å². The van der Waals surface area contributed by atoms with Crippen LogP contribution < -0.4 is 9.64 Å². The molecule has 0 unspecified atom stereocenters. The van der Waals surface area contributed by atoms with E-state index in [9.17, 15) is 13.6 Å². The normalized spacial score (nSPS) is 14.2. The second-order valence-corrected chi connectivity index (χ2v) is 10.8. The van der Waals surface area contributed by atoms with E-state index in [4.69, 9.17) is 14.5 Å². The van der Waals surface area contributed by atoms with Crippen LogP contribution in [0, 0.1) is 6.92 Å². The number of amides is 1. The van der Waals surface area contributed by atoms with Gasteiger partial charge in [-0.05, 0) is 58.0 Å². The summed E-state index contributed by atoms with van der Waals surface area (Å²) in [6.45, 7) is 7.11. The number of carbonyl (C=O) groups excluding carboxylic acids is 1. The molecule has 1 aliphatic rings. The lowest BCUT2D eigenvalue weighted by Gasteiger charge is -2.36. The molecular formula is C30H33F2N5O3. The molecule has 0 saturated carbocycles. The van der Waals surface area contributed by atoms with Crippen LogP contribution in [0.4, 0.5) is 19.4 Å². The van der Waals surface area contributed by atoms with Gasteiger partial charge in [0.2, 0.25) is 0 Å². The first-order chi connectivity index (χ1) is 19.1. The zero-order valence-corrected chi connectivity index (χ0v) is 23.1. The molecule has 210 valence electrons. The Bertz CT molecular complexity index is 1490. The summed E-state index contributed by atoms with van der Waals surface area (Å²) < 4.78 is 38.1. The number of piperazine rings is 1.